The summed E-state index contributed by atoms with van der Waals surface area (Å²) in [6, 6.07) is 18.4. The Hall–Kier alpha value is -2.35. The van der Waals surface area contributed by atoms with E-state index in [9.17, 15) is 4.79 Å². The van der Waals surface area contributed by atoms with Crippen LogP contribution < -0.4 is 5.32 Å². The molecule has 1 atom stereocenters. The minimum Gasteiger partial charge on any atom is -0.345 e. The fourth-order valence-corrected chi connectivity index (χ4v) is 2.53. The molecule has 0 fully saturated rings. The van der Waals surface area contributed by atoms with Crippen LogP contribution in [0.25, 0.3) is 6.08 Å². The van der Waals surface area contributed by atoms with Gasteiger partial charge in [0.15, 0.2) is 0 Å². The highest BCUT2D eigenvalue weighted by Gasteiger charge is 2.17. The summed E-state index contributed by atoms with van der Waals surface area (Å²) in [6.07, 6.45) is 4.47. The highest BCUT2D eigenvalue weighted by atomic mass is 16.1. The summed E-state index contributed by atoms with van der Waals surface area (Å²) in [5.41, 5.74) is 3.49. The second-order valence-corrected chi connectivity index (χ2v) is 6.07. The van der Waals surface area contributed by atoms with Crippen LogP contribution in [-0.4, -0.2) is 5.91 Å². The zero-order chi connectivity index (χ0) is 16.7. The van der Waals surface area contributed by atoms with Gasteiger partial charge in [0.2, 0.25) is 5.91 Å². The summed E-state index contributed by atoms with van der Waals surface area (Å²) >= 11 is 0. The van der Waals surface area contributed by atoms with E-state index in [1.165, 1.54) is 5.56 Å². The first-order valence-corrected chi connectivity index (χ1v) is 8.22. The van der Waals surface area contributed by atoms with Gasteiger partial charge in [-0.25, -0.2) is 0 Å². The van der Waals surface area contributed by atoms with Crippen molar-refractivity contribution >= 4 is 12.0 Å². The topological polar surface area (TPSA) is 29.1 Å². The summed E-state index contributed by atoms with van der Waals surface area (Å²) in [4.78, 5) is 12.2. The molecule has 0 aliphatic rings. The zero-order valence-electron chi connectivity index (χ0n) is 14.1. The maximum absolute atomic E-state index is 12.2. The highest BCUT2D eigenvalue weighted by Crippen LogP contribution is 2.22. The molecule has 2 rings (SSSR count). The molecule has 23 heavy (non-hydrogen) atoms. The van der Waals surface area contributed by atoms with E-state index in [0.717, 1.165) is 17.5 Å². The molecule has 0 bridgehead atoms. The van der Waals surface area contributed by atoms with Gasteiger partial charge < -0.3 is 5.32 Å². The Morgan fingerprint density at radius 3 is 2.26 bits per heavy atom. The summed E-state index contributed by atoms with van der Waals surface area (Å²) in [7, 11) is 0. The molecule has 0 saturated carbocycles. The molecule has 0 heterocycles. The lowest BCUT2D eigenvalue weighted by Crippen LogP contribution is -2.30. The molecule has 1 N–H and O–H groups in total. The van der Waals surface area contributed by atoms with Gasteiger partial charge in [-0.2, -0.15) is 0 Å². The minimum atomic E-state index is -0.0629. The number of carbonyl (C=O) groups is 1. The van der Waals surface area contributed by atoms with Gasteiger partial charge in [0.25, 0.3) is 0 Å². The van der Waals surface area contributed by atoms with Gasteiger partial charge in [-0.05, 0) is 35.1 Å². The van der Waals surface area contributed by atoms with Crippen LogP contribution in [0.4, 0.5) is 0 Å². The van der Waals surface area contributed by atoms with Crippen LogP contribution in [0.3, 0.4) is 0 Å². The van der Waals surface area contributed by atoms with Crippen LogP contribution in [-0.2, 0) is 11.2 Å². The Balaban J connectivity index is 2.06. The van der Waals surface area contributed by atoms with Crippen LogP contribution in [0.15, 0.2) is 60.7 Å². The largest absolute Gasteiger partial charge is 0.345 e. The van der Waals surface area contributed by atoms with Crippen LogP contribution in [0.1, 0.15) is 43.5 Å². The highest BCUT2D eigenvalue weighted by molar-refractivity contribution is 5.92. The lowest BCUT2D eigenvalue weighted by atomic mass is 9.95. The van der Waals surface area contributed by atoms with Crippen LogP contribution in [0, 0.1) is 5.92 Å². The van der Waals surface area contributed by atoms with Crippen molar-refractivity contribution in [3.8, 4) is 0 Å². The standard InChI is InChI=1S/C21H25NO/c1-4-17-10-13-19(14-11-17)21(16(2)3)22-20(23)15-12-18-8-6-5-7-9-18/h5-16,21H,4H2,1-3H3,(H,22,23)/b15-12+. The number of hydrogen-bond donors (Lipinski definition) is 1. The van der Waals surface area contributed by atoms with E-state index in [4.69, 9.17) is 0 Å². The van der Waals surface area contributed by atoms with Crippen molar-refractivity contribution in [1.29, 1.82) is 0 Å². The van der Waals surface area contributed by atoms with Crippen molar-refractivity contribution in [3.05, 3.63) is 77.4 Å². The number of nitrogens with one attached hydrogen (secondary N) is 1. The number of carbonyl (C=O) groups excluding carboxylic acids is 1. The predicted molar refractivity (Wildman–Crippen MR) is 97.0 cm³/mol. The molecule has 0 aliphatic heterocycles. The van der Waals surface area contributed by atoms with Crippen molar-refractivity contribution in [2.24, 2.45) is 5.92 Å². The third-order valence-electron chi connectivity index (χ3n) is 3.94. The monoisotopic (exact) mass is 307 g/mol. The van der Waals surface area contributed by atoms with E-state index < -0.39 is 0 Å². The molecule has 2 nitrogen and oxygen atoms in total. The van der Waals surface area contributed by atoms with E-state index in [2.05, 4.69) is 50.4 Å². The van der Waals surface area contributed by atoms with Crippen molar-refractivity contribution in [1.82, 2.24) is 5.32 Å². The number of amides is 1. The minimum absolute atomic E-state index is 0.0221. The summed E-state index contributed by atoms with van der Waals surface area (Å²) < 4.78 is 0. The molecule has 2 aromatic carbocycles. The molecule has 0 spiro atoms. The SMILES string of the molecule is CCc1ccc(C(NC(=O)/C=C/c2ccccc2)C(C)C)cc1. The van der Waals surface area contributed by atoms with Gasteiger partial charge in [-0.1, -0.05) is 75.4 Å². The Morgan fingerprint density at radius 1 is 1.04 bits per heavy atom. The maximum atomic E-state index is 12.2. The Bertz CT molecular complexity index is 641. The first kappa shape index (κ1) is 17.0. The molecule has 0 radical (unpaired) electrons. The average Bonchev–Trinajstić information content (AvgIpc) is 2.58. The van der Waals surface area contributed by atoms with Crippen molar-refractivity contribution < 1.29 is 4.79 Å². The molecule has 2 aromatic rings. The fourth-order valence-electron chi connectivity index (χ4n) is 2.53. The third kappa shape index (κ3) is 5.10. The van der Waals surface area contributed by atoms with Crippen LogP contribution >= 0.6 is 0 Å². The van der Waals surface area contributed by atoms with Gasteiger partial charge in [-0.15, -0.1) is 0 Å². The molecule has 1 unspecified atom stereocenters. The summed E-state index contributed by atoms with van der Waals surface area (Å²) in [5.74, 6) is 0.267. The van der Waals surface area contributed by atoms with Gasteiger partial charge in [0.05, 0.1) is 6.04 Å². The van der Waals surface area contributed by atoms with Crippen molar-refractivity contribution in [3.63, 3.8) is 0 Å². The number of hydrogen-bond acceptors (Lipinski definition) is 1. The summed E-state index contributed by atoms with van der Waals surface area (Å²) in [5, 5.41) is 3.11. The fraction of sp³-hybridized carbons (Fsp3) is 0.286. The van der Waals surface area contributed by atoms with Crippen molar-refractivity contribution in [2.75, 3.05) is 0 Å². The normalized spacial score (nSPS) is 12.5. The number of aryl methyl sites for hydroxylation is 1. The van der Waals surface area contributed by atoms with Gasteiger partial charge in [-0.3, -0.25) is 4.79 Å². The lowest BCUT2D eigenvalue weighted by molar-refractivity contribution is -0.117. The lowest BCUT2D eigenvalue weighted by Gasteiger charge is -2.22. The second-order valence-electron chi connectivity index (χ2n) is 6.07. The van der Waals surface area contributed by atoms with E-state index in [-0.39, 0.29) is 11.9 Å². The zero-order valence-corrected chi connectivity index (χ0v) is 14.1. The molecular weight excluding hydrogens is 282 g/mol. The van der Waals surface area contributed by atoms with E-state index >= 15 is 0 Å². The van der Waals surface area contributed by atoms with E-state index in [1.807, 2.05) is 36.4 Å². The molecule has 0 saturated heterocycles. The van der Waals surface area contributed by atoms with Crippen molar-refractivity contribution in [2.45, 2.75) is 33.2 Å². The van der Waals surface area contributed by atoms with E-state index in [1.54, 1.807) is 6.08 Å². The molecule has 2 heteroatoms. The Labute approximate surface area is 139 Å². The Morgan fingerprint density at radius 2 is 1.70 bits per heavy atom. The number of benzene rings is 2. The Kier molecular flexibility index (Phi) is 6.16. The first-order valence-electron chi connectivity index (χ1n) is 8.22. The first-order chi connectivity index (χ1) is 11.1. The molecule has 120 valence electrons. The van der Waals surface area contributed by atoms with Gasteiger partial charge in [0, 0.05) is 6.08 Å². The second kappa shape index (κ2) is 8.33. The molecular formula is C21H25NO. The van der Waals surface area contributed by atoms with E-state index in [0.29, 0.717) is 5.92 Å². The third-order valence-corrected chi connectivity index (χ3v) is 3.94. The smallest absolute Gasteiger partial charge is 0.244 e. The average molecular weight is 307 g/mol. The van der Waals surface area contributed by atoms with Gasteiger partial charge in [0.1, 0.15) is 0 Å². The number of rotatable bonds is 6. The van der Waals surface area contributed by atoms with Crippen LogP contribution in [0.2, 0.25) is 0 Å². The summed E-state index contributed by atoms with van der Waals surface area (Å²) in [6.45, 7) is 6.39. The maximum Gasteiger partial charge on any atom is 0.244 e. The van der Waals surface area contributed by atoms with Crippen LogP contribution in [0.5, 0.6) is 0 Å². The molecule has 1 amide bonds. The molecule has 0 aromatic heterocycles. The quantitative estimate of drug-likeness (QED) is 0.765. The van der Waals surface area contributed by atoms with Gasteiger partial charge >= 0.3 is 0 Å². The predicted octanol–water partition coefficient (Wildman–Crippen LogP) is 4.78. The molecule has 0 aliphatic carbocycles.